The minimum atomic E-state index is -5.02. The predicted octanol–water partition coefficient (Wildman–Crippen LogP) is 3.12. The molecule has 0 saturated heterocycles. The SMILES string of the molecule is O=C(NC(c1cccc(Br)c1)[P+](c1ccccc1)(c1ccccc1)c1ccccc1)C(F)(F)F.[Br-]. The van der Waals surface area contributed by atoms with Gasteiger partial charge in [-0.2, -0.15) is 13.2 Å². The van der Waals surface area contributed by atoms with Crippen molar-refractivity contribution in [1.82, 2.24) is 5.32 Å². The molecule has 0 aliphatic heterocycles. The number of hydrogen-bond donors (Lipinski definition) is 1. The van der Waals surface area contributed by atoms with E-state index in [1.165, 1.54) is 0 Å². The number of nitrogens with one attached hydrogen (secondary N) is 1. The van der Waals surface area contributed by atoms with Crippen LogP contribution < -0.4 is 38.2 Å². The summed E-state index contributed by atoms with van der Waals surface area (Å²) in [6.07, 6.45) is -5.02. The van der Waals surface area contributed by atoms with Crippen LogP contribution in [0.1, 0.15) is 11.3 Å². The zero-order valence-electron chi connectivity index (χ0n) is 18.3. The van der Waals surface area contributed by atoms with E-state index in [1.807, 2.05) is 91.0 Å². The first-order chi connectivity index (χ1) is 16.3. The Morgan fingerprint density at radius 2 is 1.14 bits per heavy atom. The van der Waals surface area contributed by atoms with Gasteiger partial charge in [-0.05, 0) is 48.5 Å². The van der Waals surface area contributed by atoms with Crippen molar-refractivity contribution >= 4 is 45.0 Å². The van der Waals surface area contributed by atoms with Gasteiger partial charge in [-0.3, -0.25) is 4.79 Å². The Hall–Kier alpha value is -2.47. The van der Waals surface area contributed by atoms with E-state index in [0.29, 0.717) is 10.0 Å². The summed E-state index contributed by atoms with van der Waals surface area (Å²) in [4.78, 5) is 12.4. The van der Waals surface area contributed by atoms with E-state index in [9.17, 15) is 18.0 Å². The Morgan fingerprint density at radius 3 is 1.51 bits per heavy atom. The van der Waals surface area contributed by atoms with Gasteiger partial charge in [0.15, 0.2) is 5.78 Å². The highest BCUT2D eigenvalue weighted by atomic mass is 79.9. The molecular weight excluding hydrogens is 602 g/mol. The Bertz CT molecular complexity index is 1160. The van der Waals surface area contributed by atoms with E-state index in [1.54, 1.807) is 24.3 Å². The molecule has 1 amide bonds. The first-order valence-corrected chi connectivity index (χ1v) is 13.2. The summed E-state index contributed by atoms with van der Waals surface area (Å²) in [5.74, 6) is -2.93. The Morgan fingerprint density at radius 1 is 0.714 bits per heavy atom. The van der Waals surface area contributed by atoms with Crippen LogP contribution in [0.3, 0.4) is 0 Å². The second-order valence-corrected chi connectivity index (χ2v) is 12.1. The third-order valence-electron chi connectivity index (χ3n) is 5.57. The Balaban J connectivity index is 0.00000342. The fourth-order valence-corrected chi connectivity index (χ4v) is 9.22. The molecule has 0 radical (unpaired) electrons. The molecule has 4 rings (SSSR count). The fourth-order valence-electron chi connectivity index (χ4n) is 4.17. The standard InChI is InChI=1S/C27H20BrF3NOP.BrH/c28-21-12-10-11-20(19-21)25(32-26(33)27(29,30)31)34(22-13-4-1-5-14-22,23-15-6-2-7-16-23)24-17-8-3-9-18-24;/h1-19,25H;1H. The van der Waals surface area contributed by atoms with E-state index in [4.69, 9.17) is 0 Å². The van der Waals surface area contributed by atoms with E-state index >= 15 is 0 Å². The second-order valence-electron chi connectivity index (χ2n) is 7.66. The third kappa shape index (κ3) is 5.69. The van der Waals surface area contributed by atoms with Crippen LogP contribution in [0.2, 0.25) is 0 Å². The van der Waals surface area contributed by atoms with E-state index in [0.717, 1.165) is 15.9 Å². The highest BCUT2D eigenvalue weighted by molar-refractivity contribution is 9.10. The minimum Gasteiger partial charge on any atom is -1.00 e. The average Bonchev–Trinajstić information content (AvgIpc) is 2.85. The monoisotopic (exact) mass is 621 g/mol. The number of alkyl halides is 3. The molecule has 1 N–H and O–H groups in total. The number of carbonyl (C=O) groups is 1. The first kappa shape index (κ1) is 27.1. The molecule has 0 bridgehead atoms. The van der Waals surface area contributed by atoms with Crippen LogP contribution in [-0.2, 0) is 4.79 Å². The maximum atomic E-state index is 13.6. The molecule has 0 heterocycles. The van der Waals surface area contributed by atoms with Crippen molar-refractivity contribution in [2.75, 3.05) is 0 Å². The van der Waals surface area contributed by atoms with Crippen LogP contribution in [0.5, 0.6) is 0 Å². The maximum Gasteiger partial charge on any atom is 0.471 e. The summed E-state index contributed by atoms with van der Waals surface area (Å²) < 4.78 is 41.5. The minimum absolute atomic E-state index is 0. The lowest BCUT2D eigenvalue weighted by atomic mass is 10.2. The lowest BCUT2D eigenvalue weighted by molar-refractivity contribution is -0.173. The van der Waals surface area contributed by atoms with Gasteiger partial charge in [-0.15, -0.1) is 0 Å². The highest BCUT2D eigenvalue weighted by Gasteiger charge is 2.56. The van der Waals surface area contributed by atoms with Crippen molar-refractivity contribution in [3.63, 3.8) is 0 Å². The van der Waals surface area contributed by atoms with Gasteiger partial charge in [0.1, 0.15) is 23.2 Å². The lowest BCUT2D eigenvalue weighted by Crippen LogP contribution is -3.00. The van der Waals surface area contributed by atoms with Crippen molar-refractivity contribution in [3.05, 3.63) is 125 Å². The lowest BCUT2D eigenvalue weighted by Gasteiger charge is -2.35. The number of rotatable bonds is 6. The van der Waals surface area contributed by atoms with Crippen molar-refractivity contribution < 1.29 is 34.9 Å². The molecule has 0 aliphatic carbocycles. The number of halogens is 5. The van der Waals surface area contributed by atoms with Crippen molar-refractivity contribution in [2.24, 2.45) is 0 Å². The second kappa shape index (κ2) is 11.5. The molecule has 4 aromatic rings. The summed E-state index contributed by atoms with van der Waals surface area (Å²) in [7, 11) is -2.88. The zero-order chi connectivity index (χ0) is 24.2. The zero-order valence-corrected chi connectivity index (χ0v) is 22.4. The van der Waals surface area contributed by atoms with Crippen LogP contribution in [-0.4, -0.2) is 12.1 Å². The Kier molecular flexibility index (Phi) is 8.92. The van der Waals surface area contributed by atoms with Crippen LogP contribution in [0.4, 0.5) is 13.2 Å². The van der Waals surface area contributed by atoms with E-state index < -0.39 is 25.1 Å². The largest absolute Gasteiger partial charge is 1.00 e. The molecule has 0 saturated carbocycles. The van der Waals surface area contributed by atoms with Gasteiger partial charge in [0.05, 0.1) is 0 Å². The summed E-state index contributed by atoms with van der Waals surface area (Å²) in [6.45, 7) is 0. The van der Waals surface area contributed by atoms with Crippen LogP contribution in [0.15, 0.2) is 120 Å². The van der Waals surface area contributed by atoms with Gasteiger partial charge < -0.3 is 22.3 Å². The normalized spacial score (nSPS) is 12.3. The summed E-state index contributed by atoms with van der Waals surface area (Å²) >= 11 is 3.45. The summed E-state index contributed by atoms with van der Waals surface area (Å²) in [5, 5.41) is 4.98. The van der Waals surface area contributed by atoms with Crippen LogP contribution in [0, 0.1) is 0 Å². The molecule has 2 nitrogen and oxygen atoms in total. The van der Waals surface area contributed by atoms with Crippen LogP contribution >= 0.6 is 23.2 Å². The number of carbonyl (C=O) groups excluding carboxylic acids is 1. The van der Waals surface area contributed by atoms with Gasteiger partial charge >= 0.3 is 12.1 Å². The smallest absolute Gasteiger partial charge is 0.471 e. The van der Waals surface area contributed by atoms with Gasteiger partial charge in [-0.25, -0.2) is 0 Å². The molecule has 4 aromatic carbocycles. The number of amides is 1. The summed E-state index contributed by atoms with van der Waals surface area (Å²) in [6, 6.07) is 35.5. The number of hydrogen-bond acceptors (Lipinski definition) is 1. The van der Waals surface area contributed by atoms with Gasteiger partial charge in [0, 0.05) is 10.0 Å². The molecule has 35 heavy (non-hydrogen) atoms. The van der Waals surface area contributed by atoms with Crippen molar-refractivity contribution in [2.45, 2.75) is 12.0 Å². The topological polar surface area (TPSA) is 29.1 Å². The van der Waals surface area contributed by atoms with Crippen LogP contribution in [0.25, 0.3) is 0 Å². The molecule has 0 aromatic heterocycles. The maximum absolute atomic E-state index is 13.6. The van der Waals surface area contributed by atoms with Crippen molar-refractivity contribution in [3.8, 4) is 0 Å². The summed E-state index contributed by atoms with van der Waals surface area (Å²) in [5.41, 5.74) is 0.580. The van der Waals surface area contributed by atoms with Gasteiger partial charge in [0.2, 0.25) is 0 Å². The van der Waals surface area contributed by atoms with Crippen molar-refractivity contribution in [1.29, 1.82) is 0 Å². The quantitative estimate of drug-likeness (QED) is 0.329. The first-order valence-electron chi connectivity index (χ1n) is 10.5. The third-order valence-corrected chi connectivity index (χ3v) is 10.6. The molecular formula is C27H21Br2F3NOP. The van der Waals surface area contributed by atoms with E-state index in [2.05, 4.69) is 21.2 Å². The molecule has 180 valence electrons. The molecule has 1 unspecified atom stereocenters. The van der Waals surface area contributed by atoms with Gasteiger partial charge in [0.25, 0.3) is 0 Å². The number of benzene rings is 4. The van der Waals surface area contributed by atoms with E-state index in [-0.39, 0.29) is 17.0 Å². The molecule has 1 atom stereocenters. The van der Waals surface area contributed by atoms with Gasteiger partial charge in [-0.1, -0.05) is 82.7 Å². The predicted molar refractivity (Wildman–Crippen MR) is 136 cm³/mol. The molecule has 0 aliphatic rings. The highest BCUT2D eigenvalue weighted by Crippen LogP contribution is 2.65. The fraction of sp³-hybridized carbons (Fsp3) is 0.0741. The molecule has 0 spiro atoms. The molecule has 0 fully saturated rings. The Labute approximate surface area is 221 Å². The molecule has 8 heteroatoms. The average molecular weight is 623 g/mol.